The Kier molecular flexibility index (Phi) is 8.60. The average molecular weight is 550 g/mol. The third kappa shape index (κ3) is 6.19. The van der Waals surface area contributed by atoms with Crippen LogP contribution in [0.2, 0.25) is 5.02 Å². The minimum absolute atomic E-state index is 0.0579. The van der Waals surface area contributed by atoms with Gasteiger partial charge in [-0.2, -0.15) is 11.8 Å². The lowest BCUT2D eigenvalue weighted by molar-refractivity contribution is 0.0359. The van der Waals surface area contributed by atoms with Gasteiger partial charge in [0.15, 0.2) is 0 Å². The van der Waals surface area contributed by atoms with Crippen molar-refractivity contribution >= 4 is 35.2 Å². The molecule has 2 aliphatic rings. The van der Waals surface area contributed by atoms with Crippen LogP contribution < -0.4 is 4.74 Å². The van der Waals surface area contributed by atoms with Crippen LogP contribution >= 0.6 is 23.4 Å². The quantitative estimate of drug-likeness (QED) is 0.265. The van der Waals surface area contributed by atoms with Crippen LogP contribution in [0.4, 0.5) is 0 Å². The molecule has 2 bridgehead atoms. The molecular weight excluding hydrogens is 518 g/mol. The summed E-state index contributed by atoms with van der Waals surface area (Å²) < 4.78 is 11.3. The number of piperidine rings is 1. The molecule has 1 amide bonds. The molecule has 0 radical (unpaired) electrons. The number of thioether (sulfide) groups is 1. The van der Waals surface area contributed by atoms with Crippen molar-refractivity contribution in [1.82, 2.24) is 4.90 Å². The third-order valence-electron chi connectivity index (χ3n) is 7.28. The van der Waals surface area contributed by atoms with Crippen LogP contribution in [-0.4, -0.2) is 41.6 Å². The number of nitrogens with zero attached hydrogens (tertiary/aromatic N) is 1. The second-order valence-corrected chi connectivity index (χ2v) is 11.2. The Labute approximate surface area is 233 Å². The molecule has 5 rings (SSSR count). The predicted octanol–water partition coefficient (Wildman–Crippen LogP) is 7.16. The first-order chi connectivity index (χ1) is 18.5. The average Bonchev–Trinajstić information content (AvgIpc) is 3.20. The first-order valence-corrected chi connectivity index (χ1v) is 14.7. The van der Waals surface area contributed by atoms with E-state index in [1.807, 2.05) is 54.2 Å². The van der Waals surface area contributed by atoms with E-state index in [0.29, 0.717) is 12.2 Å². The monoisotopic (exact) mass is 549 g/mol. The molecule has 0 N–H and O–H groups in total. The molecule has 0 aromatic heterocycles. The zero-order valence-corrected chi connectivity index (χ0v) is 23.0. The van der Waals surface area contributed by atoms with Crippen molar-refractivity contribution in [2.45, 2.75) is 62.3 Å². The second kappa shape index (κ2) is 12.3. The number of rotatable bonds is 9. The number of carbonyl (C=O) groups excluding carboxylic acids is 2. The molecule has 3 atom stereocenters. The van der Waals surface area contributed by atoms with Crippen molar-refractivity contribution in [2.24, 2.45) is 0 Å². The highest BCUT2D eigenvalue weighted by Crippen LogP contribution is 2.38. The van der Waals surface area contributed by atoms with Gasteiger partial charge in [-0.05, 0) is 73.4 Å². The Morgan fingerprint density at radius 3 is 2.21 bits per heavy atom. The van der Waals surface area contributed by atoms with Crippen LogP contribution in [0.25, 0.3) is 0 Å². The number of esters is 1. The Morgan fingerprint density at radius 2 is 1.55 bits per heavy atom. The van der Waals surface area contributed by atoms with Crippen molar-refractivity contribution in [1.29, 1.82) is 0 Å². The van der Waals surface area contributed by atoms with Gasteiger partial charge in [-0.3, -0.25) is 4.79 Å². The summed E-state index contributed by atoms with van der Waals surface area (Å²) in [6, 6.07) is 23.5. The van der Waals surface area contributed by atoms with Crippen LogP contribution in [0, 0.1) is 0 Å². The van der Waals surface area contributed by atoms with Gasteiger partial charge in [-0.15, -0.1) is 0 Å². The van der Waals surface area contributed by atoms with Gasteiger partial charge in [0.1, 0.15) is 11.9 Å². The molecule has 2 saturated heterocycles. The van der Waals surface area contributed by atoms with E-state index in [4.69, 9.17) is 21.1 Å². The van der Waals surface area contributed by atoms with E-state index in [1.54, 1.807) is 19.1 Å². The maximum atomic E-state index is 13.4. The lowest BCUT2D eigenvalue weighted by Gasteiger charge is -2.39. The fourth-order valence-corrected chi connectivity index (χ4v) is 6.70. The molecule has 0 spiro atoms. The maximum Gasteiger partial charge on any atom is 0.338 e. The summed E-state index contributed by atoms with van der Waals surface area (Å²) in [5.74, 6) is 2.26. The summed E-state index contributed by atoms with van der Waals surface area (Å²) in [4.78, 5) is 27.4. The molecule has 5 nitrogen and oxygen atoms in total. The van der Waals surface area contributed by atoms with Gasteiger partial charge in [0.05, 0.1) is 12.2 Å². The van der Waals surface area contributed by atoms with Gasteiger partial charge < -0.3 is 14.4 Å². The minimum Gasteiger partial charge on any atom is -0.490 e. The Morgan fingerprint density at radius 1 is 0.895 bits per heavy atom. The van der Waals surface area contributed by atoms with Crippen molar-refractivity contribution in [3.8, 4) is 5.75 Å². The van der Waals surface area contributed by atoms with E-state index in [-0.39, 0.29) is 30.1 Å². The fourth-order valence-electron chi connectivity index (χ4n) is 5.42. The van der Waals surface area contributed by atoms with E-state index < -0.39 is 0 Å². The molecule has 2 heterocycles. The molecular formula is C31H32ClNO4S. The number of halogens is 1. The summed E-state index contributed by atoms with van der Waals surface area (Å²) in [6.45, 7) is 2.14. The Balaban J connectivity index is 1.14. The van der Waals surface area contributed by atoms with E-state index >= 15 is 0 Å². The summed E-state index contributed by atoms with van der Waals surface area (Å²) >= 11 is 8.08. The second-order valence-electron chi connectivity index (χ2n) is 9.83. The van der Waals surface area contributed by atoms with Gasteiger partial charge in [-0.25, -0.2) is 4.79 Å². The summed E-state index contributed by atoms with van der Waals surface area (Å²) in [7, 11) is 0. The smallest absolute Gasteiger partial charge is 0.338 e. The number of hydrogen-bond acceptors (Lipinski definition) is 5. The van der Waals surface area contributed by atoms with Gasteiger partial charge in [0.25, 0.3) is 5.91 Å². The maximum absolute atomic E-state index is 13.4. The predicted molar refractivity (Wildman–Crippen MR) is 152 cm³/mol. The molecule has 0 saturated carbocycles. The first-order valence-electron chi connectivity index (χ1n) is 13.2. The van der Waals surface area contributed by atoms with Crippen LogP contribution in [-0.2, 0) is 16.2 Å². The summed E-state index contributed by atoms with van der Waals surface area (Å²) in [5.41, 5.74) is 3.60. The molecule has 3 aromatic rings. The van der Waals surface area contributed by atoms with E-state index in [1.165, 1.54) is 5.56 Å². The standard InChI is InChI=1S/C31H32ClNO4S/c1-2-36-31(35)23-11-15-27(16-12-23)37-28-17-25-13-14-26(18-28)33(25)30(34)22-9-7-21(8-10-22)19-38-20-24-5-3-4-6-29(24)32/h3-12,15-16,25-26,28H,2,13-14,17-20H2,1H3/t25-,26+,28?. The number of ether oxygens (including phenoxy) is 2. The van der Waals surface area contributed by atoms with Gasteiger partial charge >= 0.3 is 5.97 Å². The van der Waals surface area contributed by atoms with Crippen molar-refractivity contribution < 1.29 is 19.1 Å². The summed E-state index contributed by atoms with van der Waals surface area (Å²) in [5, 5.41) is 0.802. The lowest BCUT2D eigenvalue weighted by atomic mass is 9.98. The highest BCUT2D eigenvalue weighted by atomic mass is 35.5. The van der Waals surface area contributed by atoms with Crippen molar-refractivity contribution in [2.75, 3.05) is 6.61 Å². The Hall–Kier alpha value is -2.96. The molecule has 198 valence electrons. The number of hydrogen-bond donors (Lipinski definition) is 0. The van der Waals surface area contributed by atoms with E-state index in [9.17, 15) is 9.59 Å². The van der Waals surface area contributed by atoms with Crippen molar-refractivity contribution in [3.05, 3.63) is 100 Å². The van der Waals surface area contributed by atoms with E-state index in [0.717, 1.165) is 59.1 Å². The normalized spacial score (nSPS) is 20.3. The molecule has 0 aliphatic carbocycles. The number of amides is 1. The molecule has 2 aliphatic heterocycles. The number of carbonyl (C=O) groups is 2. The van der Waals surface area contributed by atoms with Crippen LogP contribution in [0.3, 0.4) is 0 Å². The van der Waals surface area contributed by atoms with Crippen molar-refractivity contribution in [3.63, 3.8) is 0 Å². The summed E-state index contributed by atoms with van der Waals surface area (Å²) in [6.07, 6.45) is 3.71. The fraction of sp³-hybridized carbons (Fsp3) is 0.355. The third-order valence-corrected chi connectivity index (χ3v) is 8.70. The van der Waals surface area contributed by atoms with E-state index in [2.05, 4.69) is 23.1 Å². The molecule has 38 heavy (non-hydrogen) atoms. The number of fused-ring (bicyclic) bond motifs is 2. The molecule has 3 aromatic carbocycles. The lowest BCUT2D eigenvalue weighted by Crippen LogP contribution is -2.49. The SMILES string of the molecule is CCOC(=O)c1ccc(OC2C[C@H]3CC[C@@H](C2)N3C(=O)c2ccc(CSCc3ccccc3Cl)cc2)cc1. The van der Waals surface area contributed by atoms with Crippen LogP contribution in [0.1, 0.15) is 64.4 Å². The minimum atomic E-state index is -0.326. The van der Waals surface area contributed by atoms with Crippen LogP contribution in [0.15, 0.2) is 72.8 Å². The first kappa shape index (κ1) is 26.6. The highest BCUT2D eigenvalue weighted by molar-refractivity contribution is 7.97. The zero-order valence-electron chi connectivity index (χ0n) is 21.5. The Bertz CT molecular complexity index is 1250. The highest BCUT2D eigenvalue weighted by Gasteiger charge is 2.44. The topological polar surface area (TPSA) is 55.8 Å². The molecule has 7 heteroatoms. The van der Waals surface area contributed by atoms with Gasteiger partial charge in [0, 0.05) is 47.0 Å². The van der Waals surface area contributed by atoms with Gasteiger partial charge in [0.2, 0.25) is 0 Å². The molecule has 1 unspecified atom stereocenters. The molecule has 2 fully saturated rings. The van der Waals surface area contributed by atoms with Crippen LogP contribution in [0.5, 0.6) is 5.75 Å². The number of benzene rings is 3. The zero-order chi connectivity index (χ0) is 26.5. The van der Waals surface area contributed by atoms with Gasteiger partial charge in [-0.1, -0.05) is 41.9 Å². The largest absolute Gasteiger partial charge is 0.490 e.